The number of hydrogen-bond donors (Lipinski definition) is 1. The van der Waals surface area contributed by atoms with E-state index in [0.717, 1.165) is 31.6 Å². The van der Waals surface area contributed by atoms with Crippen molar-refractivity contribution < 1.29 is 9.84 Å². The van der Waals surface area contributed by atoms with Crippen molar-refractivity contribution in [1.29, 1.82) is 0 Å². The summed E-state index contributed by atoms with van der Waals surface area (Å²) in [4.78, 5) is 2.36. The molecule has 0 saturated carbocycles. The molecule has 4 rings (SSSR count). The number of nitrogens with zero attached hydrogens (tertiary/aromatic N) is 1. The maximum absolute atomic E-state index is 9.84. The normalized spacial score (nSPS) is 15.2. The molecule has 3 heteroatoms. The molecule has 1 atom stereocenters. The van der Waals surface area contributed by atoms with E-state index in [2.05, 4.69) is 67.4 Å². The van der Waals surface area contributed by atoms with Crippen LogP contribution in [0.2, 0.25) is 0 Å². The lowest BCUT2D eigenvalue weighted by Crippen LogP contribution is -2.21. The Labute approximate surface area is 199 Å². The maximum atomic E-state index is 9.84. The Morgan fingerprint density at radius 3 is 2.48 bits per heavy atom. The molecule has 0 bridgehead atoms. The molecule has 1 N–H and O–H groups in total. The maximum Gasteiger partial charge on any atom is 0.120 e. The van der Waals surface area contributed by atoms with E-state index in [4.69, 9.17) is 4.74 Å². The fourth-order valence-corrected chi connectivity index (χ4v) is 5.08. The Balaban J connectivity index is 1.52. The zero-order valence-electron chi connectivity index (χ0n) is 20.3. The SMILES string of the molecule is CCCCCc1ccc(CN(C)c2cc(OC)ccc2[C@@H]2CCc3cc(O)ccc3C2)cc1. The average Bonchev–Trinajstić information content (AvgIpc) is 2.84. The van der Waals surface area contributed by atoms with Crippen molar-refractivity contribution in [2.75, 3.05) is 19.1 Å². The Hall–Kier alpha value is -2.94. The minimum absolute atomic E-state index is 0.369. The fraction of sp³-hybridized carbons (Fsp3) is 0.400. The standard InChI is InChI=1S/C30H37NO2/c1-4-5-6-7-22-8-10-23(11-9-22)21-31(2)30-20-28(33-3)16-17-29(30)26-13-12-25-19-27(32)15-14-24(25)18-26/h8-11,14-17,19-20,26,32H,4-7,12-13,18,21H2,1-3H3/t26-/m1/s1. The molecule has 0 radical (unpaired) electrons. The summed E-state index contributed by atoms with van der Waals surface area (Å²) in [6.45, 7) is 3.12. The number of phenols is 1. The van der Waals surface area contributed by atoms with E-state index in [1.165, 1.54) is 59.2 Å². The first-order chi connectivity index (χ1) is 16.1. The second kappa shape index (κ2) is 10.8. The molecule has 3 aromatic rings. The van der Waals surface area contributed by atoms with Gasteiger partial charge in [-0.15, -0.1) is 0 Å². The quantitative estimate of drug-likeness (QED) is 0.360. The summed E-state index contributed by atoms with van der Waals surface area (Å²) in [5, 5.41) is 9.84. The molecule has 3 nitrogen and oxygen atoms in total. The summed E-state index contributed by atoms with van der Waals surface area (Å²) >= 11 is 0. The van der Waals surface area contributed by atoms with Crippen molar-refractivity contribution in [2.24, 2.45) is 0 Å². The summed E-state index contributed by atoms with van der Waals surface area (Å²) in [6.07, 6.45) is 8.11. The first-order valence-corrected chi connectivity index (χ1v) is 12.3. The van der Waals surface area contributed by atoms with Gasteiger partial charge in [0.05, 0.1) is 7.11 Å². The fourth-order valence-electron chi connectivity index (χ4n) is 5.08. The molecular formula is C30H37NO2. The highest BCUT2D eigenvalue weighted by molar-refractivity contribution is 5.59. The van der Waals surface area contributed by atoms with Gasteiger partial charge in [-0.25, -0.2) is 0 Å². The van der Waals surface area contributed by atoms with Crippen molar-refractivity contribution >= 4 is 5.69 Å². The topological polar surface area (TPSA) is 32.7 Å². The lowest BCUT2D eigenvalue weighted by Gasteiger charge is -2.30. The highest BCUT2D eigenvalue weighted by Crippen LogP contribution is 2.39. The third kappa shape index (κ3) is 5.71. The molecule has 33 heavy (non-hydrogen) atoms. The van der Waals surface area contributed by atoms with Crippen LogP contribution in [0.1, 0.15) is 66.3 Å². The number of aromatic hydroxyl groups is 1. The van der Waals surface area contributed by atoms with Crippen LogP contribution in [-0.2, 0) is 25.8 Å². The molecule has 1 aliphatic rings. The van der Waals surface area contributed by atoms with Crippen LogP contribution < -0.4 is 9.64 Å². The zero-order chi connectivity index (χ0) is 23.2. The van der Waals surface area contributed by atoms with Crippen molar-refractivity contribution in [3.63, 3.8) is 0 Å². The van der Waals surface area contributed by atoms with Gasteiger partial charge in [-0.2, -0.15) is 0 Å². The first-order valence-electron chi connectivity index (χ1n) is 12.3. The van der Waals surface area contributed by atoms with Gasteiger partial charge >= 0.3 is 0 Å². The molecule has 0 unspecified atom stereocenters. The number of fused-ring (bicyclic) bond motifs is 1. The van der Waals surface area contributed by atoms with E-state index >= 15 is 0 Å². The second-order valence-electron chi connectivity index (χ2n) is 9.45. The number of aryl methyl sites for hydroxylation is 2. The monoisotopic (exact) mass is 443 g/mol. The van der Waals surface area contributed by atoms with Crippen LogP contribution in [-0.4, -0.2) is 19.3 Å². The average molecular weight is 444 g/mol. The number of hydrogen-bond acceptors (Lipinski definition) is 3. The second-order valence-corrected chi connectivity index (χ2v) is 9.45. The molecule has 1 aliphatic carbocycles. The number of anilines is 1. The van der Waals surface area contributed by atoms with Gasteiger partial charge in [0.25, 0.3) is 0 Å². The molecule has 0 aromatic heterocycles. The highest BCUT2D eigenvalue weighted by Gasteiger charge is 2.24. The van der Waals surface area contributed by atoms with Gasteiger partial charge in [0.1, 0.15) is 11.5 Å². The number of rotatable bonds is 9. The van der Waals surface area contributed by atoms with Crippen molar-refractivity contribution in [2.45, 2.75) is 64.3 Å². The molecule has 0 amide bonds. The van der Waals surface area contributed by atoms with E-state index in [1.54, 1.807) is 7.11 Å². The zero-order valence-corrected chi connectivity index (χ0v) is 20.3. The van der Waals surface area contributed by atoms with Gasteiger partial charge in [-0.1, -0.05) is 56.2 Å². The van der Waals surface area contributed by atoms with E-state index in [0.29, 0.717) is 11.7 Å². The lowest BCUT2D eigenvalue weighted by atomic mass is 9.79. The van der Waals surface area contributed by atoms with Gasteiger partial charge in [-0.3, -0.25) is 0 Å². The van der Waals surface area contributed by atoms with Gasteiger partial charge in [0.2, 0.25) is 0 Å². The Morgan fingerprint density at radius 1 is 0.939 bits per heavy atom. The molecule has 0 spiro atoms. The van der Waals surface area contributed by atoms with Gasteiger partial charge < -0.3 is 14.7 Å². The van der Waals surface area contributed by atoms with Crippen LogP contribution in [0.5, 0.6) is 11.5 Å². The van der Waals surface area contributed by atoms with Gasteiger partial charge in [0.15, 0.2) is 0 Å². The Bertz CT molecular complexity index is 1060. The summed E-state index contributed by atoms with van der Waals surface area (Å²) in [5.74, 6) is 1.73. The molecule has 0 aliphatic heterocycles. The number of benzene rings is 3. The molecule has 0 fully saturated rings. The molecule has 0 saturated heterocycles. The molecule has 174 valence electrons. The predicted octanol–water partition coefficient (Wildman–Crippen LogP) is 7.04. The molecular weight excluding hydrogens is 406 g/mol. The van der Waals surface area contributed by atoms with E-state index < -0.39 is 0 Å². The van der Waals surface area contributed by atoms with Crippen LogP contribution >= 0.6 is 0 Å². The van der Waals surface area contributed by atoms with Crippen LogP contribution in [0.25, 0.3) is 0 Å². The van der Waals surface area contributed by atoms with Crippen molar-refractivity contribution in [1.82, 2.24) is 0 Å². The largest absolute Gasteiger partial charge is 0.508 e. The lowest BCUT2D eigenvalue weighted by molar-refractivity contribution is 0.414. The van der Waals surface area contributed by atoms with Crippen LogP contribution in [0.3, 0.4) is 0 Å². The van der Waals surface area contributed by atoms with Crippen LogP contribution in [0, 0.1) is 0 Å². The van der Waals surface area contributed by atoms with Crippen molar-refractivity contribution in [3.05, 3.63) is 88.5 Å². The van der Waals surface area contributed by atoms with E-state index in [-0.39, 0.29) is 0 Å². The highest BCUT2D eigenvalue weighted by atomic mass is 16.5. The van der Waals surface area contributed by atoms with E-state index in [1.807, 2.05) is 12.1 Å². The summed E-state index contributed by atoms with van der Waals surface area (Å²) in [5.41, 5.74) is 8.03. The smallest absolute Gasteiger partial charge is 0.120 e. The van der Waals surface area contributed by atoms with Gasteiger partial charge in [-0.05, 0) is 84.0 Å². The number of methoxy groups -OCH3 is 1. The number of phenolic OH excluding ortho intramolecular Hbond substituents is 1. The minimum atomic E-state index is 0.369. The predicted molar refractivity (Wildman–Crippen MR) is 138 cm³/mol. The molecule has 0 heterocycles. The number of ether oxygens (including phenoxy) is 1. The van der Waals surface area contributed by atoms with Crippen LogP contribution in [0.4, 0.5) is 5.69 Å². The minimum Gasteiger partial charge on any atom is -0.508 e. The van der Waals surface area contributed by atoms with E-state index in [9.17, 15) is 5.11 Å². The first kappa shape index (κ1) is 23.2. The van der Waals surface area contributed by atoms with Gasteiger partial charge in [0, 0.05) is 25.3 Å². The Kier molecular flexibility index (Phi) is 7.59. The van der Waals surface area contributed by atoms with Crippen LogP contribution in [0.15, 0.2) is 60.7 Å². The summed E-state index contributed by atoms with van der Waals surface area (Å²) in [6, 6.07) is 21.5. The Morgan fingerprint density at radius 2 is 1.73 bits per heavy atom. The summed E-state index contributed by atoms with van der Waals surface area (Å²) < 4.78 is 5.57. The van der Waals surface area contributed by atoms with Crippen molar-refractivity contribution in [3.8, 4) is 11.5 Å². The third-order valence-corrected chi connectivity index (χ3v) is 7.02. The molecule has 3 aromatic carbocycles. The summed E-state index contributed by atoms with van der Waals surface area (Å²) in [7, 11) is 3.92. The number of unbranched alkanes of at least 4 members (excludes halogenated alkanes) is 2. The third-order valence-electron chi connectivity index (χ3n) is 7.02.